The van der Waals surface area contributed by atoms with E-state index in [4.69, 9.17) is 4.74 Å². The highest BCUT2D eigenvalue weighted by Gasteiger charge is 2.23. The van der Waals surface area contributed by atoms with Crippen LogP contribution in [0.2, 0.25) is 0 Å². The van der Waals surface area contributed by atoms with Crippen molar-refractivity contribution in [1.29, 1.82) is 0 Å². The number of aliphatic imine (C=N–C) groups is 1. The molecule has 2 unspecified atom stereocenters. The summed E-state index contributed by atoms with van der Waals surface area (Å²) < 4.78 is 5.54. The quantitative estimate of drug-likeness (QED) is 0.281. The second-order valence-electron chi connectivity index (χ2n) is 7.76. The maximum Gasteiger partial charge on any atom is 0.191 e. The molecule has 172 valence electrons. The molecule has 0 spiro atoms. The van der Waals surface area contributed by atoms with Crippen LogP contribution in [-0.2, 0) is 11.3 Å². The molecule has 31 heavy (non-hydrogen) atoms. The maximum atomic E-state index is 5.54. The van der Waals surface area contributed by atoms with Crippen molar-refractivity contribution in [2.24, 2.45) is 4.99 Å². The highest BCUT2D eigenvalue weighted by molar-refractivity contribution is 14.0. The standard InChI is InChI=1S/C23H35N5OS.HI/c1-19(27(3)18-20-8-5-4-6-9-20)16-25-23(24-2)26-17-21(22-10-7-15-30-22)28-11-13-29-14-12-28;/h4-10,15,19,21H,11-14,16-18H2,1-3H3,(H2,24,25,26);1H. The molecule has 1 aliphatic rings. The molecule has 1 fully saturated rings. The third-order valence-corrected chi connectivity index (χ3v) is 6.61. The number of morpholine rings is 1. The number of benzene rings is 1. The minimum absolute atomic E-state index is 0. The summed E-state index contributed by atoms with van der Waals surface area (Å²) in [4.78, 5) is 10.7. The Morgan fingerprint density at radius 3 is 2.48 bits per heavy atom. The van der Waals surface area contributed by atoms with Crippen molar-refractivity contribution in [3.05, 3.63) is 58.3 Å². The molecular weight excluding hydrogens is 521 g/mol. The predicted octanol–water partition coefficient (Wildman–Crippen LogP) is 3.42. The first kappa shape index (κ1) is 26.1. The molecule has 6 nitrogen and oxygen atoms in total. The van der Waals surface area contributed by atoms with E-state index in [-0.39, 0.29) is 24.0 Å². The van der Waals surface area contributed by atoms with Gasteiger partial charge in [-0.3, -0.25) is 14.8 Å². The summed E-state index contributed by atoms with van der Waals surface area (Å²) >= 11 is 1.82. The summed E-state index contributed by atoms with van der Waals surface area (Å²) in [5, 5.41) is 9.19. The average molecular weight is 558 g/mol. The zero-order chi connectivity index (χ0) is 21.2. The van der Waals surface area contributed by atoms with E-state index in [1.54, 1.807) is 0 Å². The molecule has 1 saturated heterocycles. The van der Waals surface area contributed by atoms with E-state index >= 15 is 0 Å². The zero-order valence-corrected chi connectivity index (χ0v) is 21.9. The number of rotatable bonds is 9. The lowest BCUT2D eigenvalue weighted by Gasteiger charge is -2.34. The lowest BCUT2D eigenvalue weighted by atomic mass is 10.2. The Morgan fingerprint density at radius 1 is 1.13 bits per heavy atom. The van der Waals surface area contributed by atoms with Crippen molar-refractivity contribution < 1.29 is 4.74 Å². The summed E-state index contributed by atoms with van der Waals surface area (Å²) in [6.45, 7) is 8.40. The fourth-order valence-electron chi connectivity index (χ4n) is 3.62. The third kappa shape index (κ3) is 8.34. The summed E-state index contributed by atoms with van der Waals surface area (Å²) in [5.41, 5.74) is 1.33. The van der Waals surface area contributed by atoms with Gasteiger partial charge in [-0.1, -0.05) is 36.4 Å². The molecule has 1 aromatic heterocycles. The van der Waals surface area contributed by atoms with Crippen LogP contribution in [0.25, 0.3) is 0 Å². The Bertz CT molecular complexity index is 753. The number of nitrogens with one attached hydrogen (secondary N) is 2. The van der Waals surface area contributed by atoms with E-state index < -0.39 is 0 Å². The summed E-state index contributed by atoms with van der Waals surface area (Å²) in [5.74, 6) is 0.852. The van der Waals surface area contributed by atoms with Crippen LogP contribution in [-0.4, -0.2) is 75.3 Å². The van der Waals surface area contributed by atoms with Gasteiger partial charge in [0.05, 0.1) is 19.3 Å². The monoisotopic (exact) mass is 557 g/mol. The van der Waals surface area contributed by atoms with E-state index in [0.717, 1.165) is 51.9 Å². The van der Waals surface area contributed by atoms with Crippen LogP contribution in [0.15, 0.2) is 52.8 Å². The second kappa shape index (κ2) is 14.1. The molecule has 8 heteroatoms. The number of hydrogen-bond donors (Lipinski definition) is 2. The molecule has 2 aromatic rings. The summed E-state index contributed by atoms with van der Waals surface area (Å²) in [6.07, 6.45) is 0. The van der Waals surface area contributed by atoms with Crippen molar-refractivity contribution in [2.45, 2.75) is 25.6 Å². The molecule has 1 aromatic carbocycles. The van der Waals surface area contributed by atoms with Gasteiger partial charge in [0.1, 0.15) is 0 Å². The van der Waals surface area contributed by atoms with Crippen LogP contribution in [0.3, 0.4) is 0 Å². The largest absolute Gasteiger partial charge is 0.379 e. The number of guanidine groups is 1. The first-order valence-electron chi connectivity index (χ1n) is 10.7. The van der Waals surface area contributed by atoms with Crippen LogP contribution in [0.4, 0.5) is 0 Å². The van der Waals surface area contributed by atoms with Crippen LogP contribution in [0.5, 0.6) is 0 Å². The smallest absolute Gasteiger partial charge is 0.191 e. The molecular formula is C23H36IN5OS. The lowest BCUT2D eigenvalue weighted by Crippen LogP contribution is -2.48. The Kier molecular flexibility index (Phi) is 11.8. The number of nitrogens with zero attached hydrogens (tertiary/aromatic N) is 3. The van der Waals surface area contributed by atoms with Crippen molar-refractivity contribution >= 4 is 41.3 Å². The highest BCUT2D eigenvalue weighted by Crippen LogP contribution is 2.25. The van der Waals surface area contributed by atoms with Gasteiger partial charge in [0, 0.05) is 50.7 Å². The molecule has 0 bridgehead atoms. The van der Waals surface area contributed by atoms with Gasteiger partial charge in [-0.25, -0.2) is 0 Å². The molecule has 0 saturated carbocycles. The molecule has 0 aliphatic carbocycles. The van der Waals surface area contributed by atoms with E-state index in [1.165, 1.54) is 10.4 Å². The second-order valence-corrected chi connectivity index (χ2v) is 8.74. The Balaban J connectivity index is 0.00000341. The van der Waals surface area contributed by atoms with Crippen molar-refractivity contribution in [3.8, 4) is 0 Å². The molecule has 3 rings (SSSR count). The Labute approximate surface area is 208 Å². The molecule has 0 amide bonds. The van der Waals surface area contributed by atoms with Gasteiger partial charge in [0.15, 0.2) is 5.96 Å². The van der Waals surface area contributed by atoms with Crippen LogP contribution >= 0.6 is 35.3 Å². The van der Waals surface area contributed by atoms with Crippen molar-refractivity contribution in [2.75, 3.05) is 53.5 Å². The first-order valence-corrected chi connectivity index (χ1v) is 11.6. The average Bonchev–Trinajstić information content (AvgIpc) is 3.31. The molecule has 1 aliphatic heterocycles. The summed E-state index contributed by atoms with van der Waals surface area (Å²) in [6, 6.07) is 15.7. The van der Waals surface area contributed by atoms with Crippen LogP contribution in [0, 0.1) is 0 Å². The summed E-state index contributed by atoms with van der Waals surface area (Å²) in [7, 11) is 4.00. The molecule has 2 atom stereocenters. The van der Waals surface area contributed by atoms with E-state index in [0.29, 0.717) is 12.1 Å². The third-order valence-electron chi connectivity index (χ3n) is 5.64. The highest BCUT2D eigenvalue weighted by atomic mass is 127. The topological polar surface area (TPSA) is 52.1 Å². The normalized spacial score (nSPS) is 17.1. The minimum Gasteiger partial charge on any atom is -0.379 e. The Hall–Kier alpha value is -1.20. The molecule has 0 radical (unpaired) electrons. The number of halogens is 1. The zero-order valence-electron chi connectivity index (χ0n) is 18.8. The molecule has 2 heterocycles. The van der Waals surface area contributed by atoms with Gasteiger partial charge in [0.25, 0.3) is 0 Å². The minimum atomic E-state index is 0. The van der Waals surface area contributed by atoms with E-state index in [9.17, 15) is 0 Å². The van der Waals surface area contributed by atoms with Gasteiger partial charge >= 0.3 is 0 Å². The number of likely N-dealkylation sites (N-methyl/N-ethyl adjacent to an activating group) is 1. The van der Waals surface area contributed by atoms with Gasteiger partial charge in [-0.05, 0) is 31.0 Å². The van der Waals surface area contributed by atoms with E-state index in [2.05, 4.69) is 87.2 Å². The lowest BCUT2D eigenvalue weighted by molar-refractivity contribution is 0.0177. The number of hydrogen-bond acceptors (Lipinski definition) is 5. The number of thiophene rings is 1. The van der Waals surface area contributed by atoms with E-state index in [1.807, 2.05) is 18.4 Å². The van der Waals surface area contributed by atoms with Gasteiger partial charge in [-0.2, -0.15) is 0 Å². The van der Waals surface area contributed by atoms with Crippen LogP contribution in [0.1, 0.15) is 23.4 Å². The van der Waals surface area contributed by atoms with Gasteiger partial charge < -0.3 is 15.4 Å². The van der Waals surface area contributed by atoms with Crippen molar-refractivity contribution in [1.82, 2.24) is 20.4 Å². The van der Waals surface area contributed by atoms with Crippen molar-refractivity contribution in [3.63, 3.8) is 0 Å². The van der Waals surface area contributed by atoms with Crippen LogP contribution < -0.4 is 10.6 Å². The first-order chi connectivity index (χ1) is 14.7. The fraction of sp³-hybridized carbons (Fsp3) is 0.522. The van der Waals surface area contributed by atoms with Gasteiger partial charge in [0.2, 0.25) is 0 Å². The number of ether oxygens (including phenoxy) is 1. The predicted molar refractivity (Wildman–Crippen MR) is 142 cm³/mol. The van der Waals surface area contributed by atoms with Gasteiger partial charge in [-0.15, -0.1) is 35.3 Å². The fourth-order valence-corrected chi connectivity index (χ4v) is 4.48. The maximum absolute atomic E-state index is 5.54. The SMILES string of the molecule is CN=C(NCC(C)N(C)Cc1ccccc1)NCC(c1cccs1)N1CCOCC1.I. The Morgan fingerprint density at radius 2 is 1.84 bits per heavy atom. The molecule has 2 N–H and O–H groups in total.